The van der Waals surface area contributed by atoms with Crippen LogP contribution in [0.15, 0.2) is 36.5 Å². The van der Waals surface area contributed by atoms with Crippen LogP contribution in [0.2, 0.25) is 5.02 Å². The summed E-state index contributed by atoms with van der Waals surface area (Å²) in [5, 5.41) is 7.98. The molecule has 8 heteroatoms. The summed E-state index contributed by atoms with van der Waals surface area (Å²) in [7, 11) is 0. The van der Waals surface area contributed by atoms with E-state index >= 15 is 0 Å². The Morgan fingerprint density at radius 2 is 2.13 bits per heavy atom. The third-order valence-electron chi connectivity index (χ3n) is 5.88. The number of piperazine rings is 1. The number of benzene rings is 1. The molecule has 154 valence electrons. The molecule has 7 nitrogen and oxygen atoms in total. The molecule has 2 atom stereocenters. The molecular formula is C22H23ClN6O. The number of hydrogen-bond donors (Lipinski definition) is 2. The predicted molar refractivity (Wildman–Crippen MR) is 118 cm³/mol. The van der Waals surface area contributed by atoms with E-state index < -0.39 is 0 Å². The number of aryl methyl sites for hydroxylation is 2. The van der Waals surface area contributed by atoms with Crippen LogP contribution in [0.5, 0.6) is 0 Å². The molecule has 1 aromatic carbocycles. The van der Waals surface area contributed by atoms with Gasteiger partial charge < -0.3 is 15.5 Å². The molecule has 2 aromatic heterocycles. The van der Waals surface area contributed by atoms with Crippen LogP contribution in [0.3, 0.4) is 0 Å². The monoisotopic (exact) mass is 422 g/mol. The van der Waals surface area contributed by atoms with Crippen molar-refractivity contribution in [3.8, 4) is 0 Å². The van der Waals surface area contributed by atoms with Crippen LogP contribution in [-0.2, 0) is 11.2 Å². The van der Waals surface area contributed by atoms with Gasteiger partial charge in [0.2, 0.25) is 11.9 Å². The molecule has 0 radical (unpaired) electrons. The van der Waals surface area contributed by atoms with Crippen molar-refractivity contribution in [3.63, 3.8) is 0 Å². The summed E-state index contributed by atoms with van der Waals surface area (Å²) in [6.45, 7) is 3.89. The van der Waals surface area contributed by atoms with Crippen molar-refractivity contribution in [1.29, 1.82) is 0 Å². The van der Waals surface area contributed by atoms with E-state index in [1.165, 1.54) is 0 Å². The van der Waals surface area contributed by atoms with Gasteiger partial charge >= 0.3 is 0 Å². The molecule has 0 aliphatic carbocycles. The van der Waals surface area contributed by atoms with E-state index in [0.29, 0.717) is 41.3 Å². The van der Waals surface area contributed by atoms with Gasteiger partial charge in [-0.25, -0.2) is 9.97 Å². The first-order chi connectivity index (χ1) is 14.5. The Labute approximate surface area is 179 Å². The first kappa shape index (κ1) is 19.2. The second kappa shape index (κ2) is 7.81. The van der Waals surface area contributed by atoms with E-state index in [1.807, 2.05) is 37.3 Å². The van der Waals surface area contributed by atoms with Gasteiger partial charge in [-0.15, -0.1) is 0 Å². The van der Waals surface area contributed by atoms with Crippen molar-refractivity contribution in [2.45, 2.75) is 38.3 Å². The Morgan fingerprint density at radius 1 is 1.30 bits per heavy atom. The van der Waals surface area contributed by atoms with Crippen molar-refractivity contribution in [1.82, 2.24) is 20.3 Å². The van der Waals surface area contributed by atoms with Crippen LogP contribution < -0.4 is 15.5 Å². The lowest BCUT2D eigenvalue weighted by Gasteiger charge is -2.27. The average Bonchev–Trinajstić information content (AvgIpc) is 3.37. The van der Waals surface area contributed by atoms with Gasteiger partial charge in [-0.2, -0.15) is 4.98 Å². The van der Waals surface area contributed by atoms with Crippen molar-refractivity contribution < 1.29 is 4.79 Å². The van der Waals surface area contributed by atoms with Gasteiger partial charge in [-0.3, -0.25) is 4.79 Å². The Kier molecular flexibility index (Phi) is 5.00. The van der Waals surface area contributed by atoms with Crippen molar-refractivity contribution in [3.05, 3.63) is 52.8 Å². The summed E-state index contributed by atoms with van der Waals surface area (Å²) < 4.78 is 0. The topological polar surface area (TPSA) is 83.0 Å². The maximum absolute atomic E-state index is 12.4. The second-order valence-corrected chi connectivity index (χ2v) is 8.46. The third kappa shape index (κ3) is 3.82. The maximum atomic E-state index is 12.4. The Balaban J connectivity index is 1.28. The number of anilines is 2. The molecule has 1 amide bonds. The number of carbonyl (C=O) groups is 1. The molecule has 0 spiro atoms. The molecule has 2 saturated heterocycles. The SMILES string of the molecule is Cc1nc(N2CC3CC2CN3)nc2ncc(NC(=O)CCc3ccc(Cl)cc3)cc12. The van der Waals surface area contributed by atoms with Crippen LogP contribution in [-0.4, -0.2) is 46.0 Å². The number of aromatic nitrogens is 3. The number of nitrogens with zero attached hydrogens (tertiary/aromatic N) is 4. The lowest BCUT2D eigenvalue weighted by Crippen LogP contribution is -2.44. The lowest BCUT2D eigenvalue weighted by atomic mass is 10.1. The van der Waals surface area contributed by atoms with Gasteiger partial charge in [0.05, 0.1) is 17.6 Å². The van der Waals surface area contributed by atoms with Gasteiger partial charge in [0, 0.05) is 42.0 Å². The molecular weight excluding hydrogens is 400 g/mol. The summed E-state index contributed by atoms with van der Waals surface area (Å²) >= 11 is 5.90. The molecule has 5 rings (SSSR count). The molecule has 0 saturated carbocycles. The van der Waals surface area contributed by atoms with Gasteiger partial charge in [-0.1, -0.05) is 23.7 Å². The number of hydrogen-bond acceptors (Lipinski definition) is 6. The largest absolute Gasteiger partial charge is 0.335 e. The fourth-order valence-corrected chi connectivity index (χ4v) is 4.40. The Morgan fingerprint density at radius 3 is 2.87 bits per heavy atom. The summed E-state index contributed by atoms with van der Waals surface area (Å²) in [6, 6.07) is 10.5. The normalized spacial score (nSPS) is 20.1. The molecule has 3 aromatic rings. The molecule has 4 heterocycles. The highest BCUT2D eigenvalue weighted by Gasteiger charge is 2.39. The van der Waals surface area contributed by atoms with Crippen LogP contribution in [0.1, 0.15) is 24.1 Å². The highest BCUT2D eigenvalue weighted by atomic mass is 35.5. The molecule has 30 heavy (non-hydrogen) atoms. The van der Waals surface area contributed by atoms with Crippen LogP contribution >= 0.6 is 11.6 Å². The average molecular weight is 423 g/mol. The molecule has 2 aliphatic rings. The van der Waals surface area contributed by atoms with E-state index in [9.17, 15) is 4.79 Å². The van der Waals surface area contributed by atoms with Crippen molar-refractivity contribution >= 4 is 40.2 Å². The number of nitrogens with one attached hydrogen (secondary N) is 2. The van der Waals surface area contributed by atoms with Crippen molar-refractivity contribution in [2.24, 2.45) is 0 Å². The van der Waals surface area contributed by atoms with Gasteiger partial charge in [0.1, 0.15) is 0 Å². The number of rotatable bonds is 5. The van der Waals surface area contributed by atoms with Gasteiger partial charge in [0.25, 0.3) is 0 Å². The second-order valence-electron chi connectivity index (χ2n) is 8.03. The summed E-state index contributed by atoms with van der Waals surface area (Å²) in [6.07, 6.45) is 3.85. The quantitative estimate of drug-likeness (QED) is 0.657. The minimum absolute atomic E-state index is 0.0538. The number of fused-ring (bicyclic) bond motifs is 3. The number of halogens is 1. The number of carbonyl (C=O) groups excluding carboxylic acids is 1. The van der Waals surface area contributed by atoms with E-state index in [4.69, 9.17) is 21.6 Å². The van der Waals surface area contributed by atoms with Crippen LogP contribution in [0.4, 0.5) is 11.6 Å². The maximum Gasteiger partial charge on any atom is 0.227 e. The highest BCUT2D eigenvalue weighted by molar-refractivity contribution is 6.30. The fraction of sp³-hybridized carbons (Fsp3) is 0.364. The predicted octanol–water partition coefficient (Wildman–Crippen LogP) is 3.11. The number of pyridine rings is 1. The standard InChI is InChI=1S/C22H23ClN6O/c1-13-19-9-16(27-20(30)7-4-14-2-5-15(23)6-3-14)10-25-21(19)28-22(26-13)29-12-17-8-18(29)11-24-17/h2-3,5-6,9-10,17-18,24H,4,7-8,11-12H2,1H3,(H,27,30). The van der Waals surface area contributed by atoms with E-state index in [1.54, 1.807) is 6.20 Å². The van der Waals surface area contributed by atoms with E-state index in [0.717, 1.165) is 42.1 Å². The molecule has 2 fully saturated rings. The van der Waals surface area contributed by atoms with Crippen LogP contribution in [0.25, 0.3) is 11.0 Å². The summed E-state index contributed by atoms with van der Waals surface area (Å²) in [5.41, 5.74) is 3.27. The van der Waals surface area contributed by atoms with E-state index in [2.05, 4.69) is 20.5 Å². The zero-order valence-corrected chi connectivity index (χ0v) is 17.5. The first-order valence-electron chi connectivity index (χ1n) is 10.2. The molecule has 2 bridgehead atoms. The van der Waals surface area contributed by atoms with Crippen LogP contribution in [0, 0.1) is 6.92 Å². The molecule has 2 aliphatic heterocycles. The summed E-state index contributed by atoms with van der Waals surface area (Å²) in [4.78, 5) is 28.6. The van der Waals surface area contributed by atoms with Gasteiger partial charge in [-0.05, 0) is 43.5 Å². The first-order valence-corrected chi connectivity index (χ1v) is 10.6. The molecule has 2 N–H and O–H groups in total. The lowest BCUT2D eigenvalue weighted by molar-refractivity contribution is -0.116. The highest BCUT2D eigenvalue weighted by Crippen LogP contribution is 2.29. The Bertz CT molecular complexity index is 1100. The Hall–Kier alpha value is -2.77. The van der Waals surface area contributed by atoms with Gasteiger partial charge in [0.15, 0.2) is 5.65 Å². The van der Waals surface area contributed by atoms with E-state index in [-0.39, 0.29) is 5.91 Å². The van der Waals surface area contributed by atoms with Crippen molar-refractivity contribution in [2.75, 3.05) is 23.3 Å². The fourth-order valence-electron chi connectivity index (χ4n) is 4.28. The number of amides is 1. The minimum atomic E-state index is -0.0538. The minimum Gasteiger partial charge on any atom is -0.335 e. The third-order valence-corrected chi connectivity index (χ3v) is 6.13. The summed E-state index contributed by atoms with van der Waals surface area (Å²) in [5.74, 6) is 0.697. The zero-order valence-electron chi connectivity index (χ0n) is 16.7. The zero-order chi connectivity index (χ0) is 20.7. The smallest absolute Gasteiger partial charge is 0.227 e. The molecule has 2 unspecified atom stereocenters.